The van der Waals surface area contributed by atoms with Gasteiger partial charge in [0.25, 0.3) is 5.91 Å². The van der Waals surface area contributed by atoms with Gasteiger partial charge in [-0.05, 0) is 36.8 Å². The monoisotopic (exact) mass is 276 g/mol. The lowest BCUT2D eigenvalue weighted by molar-refractivity contribution is 0.0940. The number of carbonyl (C=O) groups excluding carboxylic acids is 1. The van der Waals surface area contributed by atoms with Crippen molar-refractivity contribution in [2.45, 2.75) is 13.0 Å². The van der Waals surface area contributed by atoms with Crippen molar-refractivity contribution in [3.05, 3.63) is 78.0 Å². The third-order valence-electron chi connectivity index (χ3n) is 3.51. The molecule has 0 saturated heterocycles. The summed E-state index contributed by atoms with van der Waals surface area (Å²) >= 11 is 0. The van der Waals surface area contributed by atoms with Crippen molar-refractivity contribution in [1.82, 2.24) is 10.3 Å². The first kappa shape index (κ1) is 13.3. The fraction of sp³-hybridized carbons (Fsp3) is 0.111. The molecule has 0 saturated carbocycles. The first-order valence-corrected chi connectivity index (χ1v) is 6.94. The number of aromatic nitrogens is 1. The molecule has 1 heterocycles. The van der Waals surface area contributed by atoms with Crippen molar-refractivity contribution in [2.75, 3.05) is 0 Å². The summed E-state index contributed by atoms with van der Waals surface area (Å²) < 4.78 is 0. The first-order valence-electron chi connectivity index (χ1n) is 6.94. The lowest BCUT2D eigenvalue weighted by Crippen LogP contribution is -2.26. The van der Waals surface area contributed by atoms with Gasteiger partial charge in [-0.15, -0.1) is 0 Å². The topological polar surface area (TPSA) is 42.0 Å². The van der Waals surface area contributed by atoms with Gasteiger partial charge in [0.15, 0.2) is 0 Å². The summed E-state index contributed by atoms with van der Waals surface area (Å²) in [5, 5.41) is 3.99. The van der Waals surface area contributed by atoms with Crippen LogP contribution in [-0.4, -0.2) is 10.9 Å². The van der Waals surface area contributed by atoms with Crippen molar-refractivity contribution in [3.8, 4) is 0 Å². The van der Waals surface area contributed by atoms with E-state index in [1.54, 1.807) is 6.20 Å². The fourth-order valence-corrected chi connectivity index (χ4v) is 2.32. The molecule has 0 aliphatic heterocycles. The van der Waals surface area contributed by atoms with Gasteiger partial charge in [0.1, 0.15) is 0 Å². The Balaban J connectivity index is 1.80. The lowest BCUT2D eigenvalue weighted by atomic mass is 10.1. The number of benzene rings is 2. The van der Waals surface area contributed by atoms with E-state index in [2.05, 4.69) is 10.3 Å². The van der Waals surface area contributed by atoms with E-state index in [9.17, 15) is 4.79 Å². The third kappa shape index (κ3) is 2.92. The molecule has 3 aromatic rings. The highest BCUT2D eigenvalue weighted by atomic mass is 16.1. The molecule has 0 aliphatic rings. The van der Waals surface area contributed by atoms with Crippen LogP contribution < -0.4 is 5.32 Å². The molecule has 0 aliphatic carbocycles. The average Bonchev–Trinajstić information content (AvgIpc) is 2.55. The molecule has 2 aromatic carbocycles. The van der Waals surface area contributed by atoms with E-state index >= 15 is 0 Å². The molecule has 1 amide bonds. The van der Waals surface area contributed by atoms with Gasteiger partial charge < -0.3 is 5.32 Å². The molecule has 0 fully saturated rings. The van der Waals surface area contributed by atoms with Gasteiger partial charge in [0.2, 0.25) is 0 Å². The highest BCUT2D eigenvalue weighted by molar-refractivity contribution is 5.98. The van der Waals surface area contributed by atoms with Crippen LogP contribution >= 0.6 is 0 Å². The maximum absolute atomic E-state index is 12.3. The van der Waals surface area contributed by atoms with E-state index in [-0.39, 0.29) is 11.9 Å². The molecule has 1 aromatic heterocycles. The number of hydrogen-bond acceptors (Lipinski definition) is 2. The summed E-state index contributed by atoms with van der Waals surface area (Å²) in [6.07, 6.45) is 1.75. The van der Waals surface area contributed by atoms with E-state index in [4.69, 9.17) is 0 Å². The summed E-state index contributed by atoms with van der Waals surface area (Å²) in [5.41, 5.74) is 2.64. The van der Waals surface area contributed by atoms with E-state index in [1.807, 2.05) is 67.6 Å². The number of nitrogens with zero attached hydrogens (tertiary/aromatic N) is 1. The van der Waals surface area contributed by atoms with Crippen LogP contribution in [0.3, 0.4) is 0 Å². The Morgan fingerprint density at radius 3 is 2.67 bits per heavy atom. The van der Waals surface area contributed by atoms with Gasteiger partial charge >= 0.3 is 0 Å². The molecule has 1 N–H and O–H groups in total. The largest absolute Gasteiger partial charge is 0.346 e. The molecule has 0 radical (unpaired) electrons. The zero-order chi connectivity index (χ0) is 14.7. The second-order valence-corrected chi connectivity index (χ2v) is 5.02. The SMILES string of the molecule is C[C@H](NC(=O)c1ccc2ncccc2c1)c1ccccc1. The molecule has 0 bridgehead atoms. The van der Waals surface area contributed by atoms with Gasteiger partial charge in [0, 0.05) is 17.1 Å². The molecule has 0 unspecified atom stereocenters. The Morgan fingerprint density at radius 1 is 1.05 bits per heavy atom. The molecule has 104 valence electrons. The van der Waals surface area contributed by atoms with Crippen molar-refractivity contribution in [3.63, 3.8) is 0 Å². The number of pyridine rings is 1. The summed E-state index contributed by atoms with van der Waals surface area (Å²) in [5.74, 6) is -0.0721. The molecule has 3 heteroatoms. The van der Waals surface area contributed by atoms with Gasteiger partial charge in [-0.1, -0.05) is 36.4 Å². The minimum atomic E-state index is -0.0721. The number of nitrogens with one attached hydrogen (secondary N) is 1. The number of rotatable bonds is 3. The highest BCUT2D eigenvalue weighted by Gasteiger charge is 2.11. The zero-order valence-electron chi connectivity index (χ0n) is 11.8. The second kappa shape index (κ2) is 5.75. The van der Waals surface area contributed by atoms with Gasteiger partial charge in [0.05, 0.1) is 11.6 Å². The predicted molar refractivity (Wildman–Crippen MR) is 84.1 cm³/mol. The normalized spacial score (nSPS) is 12.0. The highest BCUT2D eigenvalue weighted by Crippen LogP contribution is 2.16. The Morgan fingerprint density at radius 2 is 1.86 bits per heavy atom. The zero-order valence-corrected chi connectivity index (χ0v) is 11.8. The fourth-order valence-electron chi connectivity index (χ4n) is 2.32. The molecule has 1 atom stereocenters. The van der Waals surface area contributed by atoms with Crippen molar-refractivity contribution >= 4 is 16.8 Å². The van der Waals surface area contributed by atoms with Crippen LogP contribution in [0.1, 0.15) is 28.9 Å². The van der Waals surface area contributed by atoms with Crippen LogP contribution in [0, 0.1) is 0 Å². The van der Waals surface area contributed by atoms with Crippen molar-refractivity contribution in [1.29, 1.82) is 0 Å². The van der Waals surface area contributed by atoms with Gasteiger partial charge in [-0.2, -0.15) is 0 Å². The number of amides is 1. The Hall–Kier alpha value is -2.68. The summed E-state index contributed by atoms with van der Waals surface area (Å²) in [4.78, 5) is 16.6. The molecule has 3 nitrogen and oxygen atoms in total. The van der Waals surface area contributed by atoms with Crippen LogP contribution in [0.2, 0.25) is 0 Å². The Labute approximate surface area is 123 Å². The minimum absolute atomic E-state index is 0.0247. The van der Waals surface area contributed by atoms with Crippen molar-refractivity contribution in [2.24, 2.45) is 0 Å². The van der Waals surface area contributed by atoms with E-state index in [1.165, 1.54) is 0 Å². The molecule has 0 spiro atoms. The van der Waals surface area contributed by atoms with Gasteiger partial charge in [-0.3, -0.25) is 9.78 Å². The van der Waals surface area contributed by atoms with Crippen LogP contribution in [0.25, 0.3) is 10.9 Å². The standard InChI is InChI=1S/C18H16N2O/c1-13(14-6-3-2-4-7-14)20-18(21)16-9-10-17-15(12-16)8-5-11-19-17/h2-13H,1H3,(H,20,21)/t13-/m0/s1. The Kier molecular flexibility index (Phi) is 3.65. The number of fused-ring (bicyclic) bond motifs is 1. The number of carbonyl (C=O) groups is 1. The first-order chi connectivity index (χ1) is 10.2. The van der Waals surface area contributed by atoms with Crippen LogP contribution in [0.4, 0.5) is 0 Å². The Bertz CT molecular complexity index is 768. The summed E-state index contributed by atoms with van der Waals surface area (Å²) in [7, 11) is 0. The maximum Gasteiger partial charge on any atom is 0.251 e. The van der Waals surface area contributed by atoms with Crippen molar-refractivity contribution < 1.29 is 4.79 Å². The average molecular weight is 276 g/mol. The quantitative estimate of drug-likeness (QED) is 0.792. The predicted octanol–water partition coefficient (Wildman–Crippen LogP) is 3.73. The van der Waals surface area contributed by atoms with E-state index < -0.39 is 0 Å². The van der Waals surface area contributed by atoms with Gasteiger partial charge in [-0.25, -0.2) is 0 Å². The summed E-state index contributed by atoms with van der Waals surface area (Å²) in [6.45, 7) is 1.98. The molecular formula is C18H16N2O. The van der Waals surface area contributed by atoms with E-state index in [0.717, 1.165) is 16.5 Å². The smallest absolute Gasteiger partial charge is 0.251 e. The van der Waals surface area contributed by atoms with Crippen LogP contribution in [0.5, 0.6) is 0 Å². The maximum atomic E-state index is 12.3. The lowest BCUT2D eigenvalue weighted by Gasteiger charge is -2.14. The van der Waals surface area contributed by atoms with E-state index in [0.29, 0.717) is 5.56 Å². The third-order valence-corrected chi connectivity index (χ3v) is 3.51. The second-order valence-electron chi connectivity index (χ2n) is 5.02. The molecule has 21 heavy (non-hydrogen) atoms. The molecular weight excluding hydrogens is 260 g/mol. The molecule has 3 rings (SSSR count). The van der Waals surface area contributed by atoms with Crippen LogP contribution in [0.15, 0.2) is 66.9 Å². The minimum Gasteiger partial charge on any atom is -0.346 e. The van der Waals surface area contributed by atoms with Crippen LogP contribution in [-0.2, 0) is 0 Å². The summed E-state index contributed by atoms with van der Waals surface area (Å²) in [6, 6.07) is 19.3. The number of hydrogen-bond donors (Lipinski definition) is 1.